The summed E-state index contributed by atoms with van der Waals surface area (Å²) in [4.78, 5) is 0. The number of fused-ring (bicyclic) bond motifs is 1. The van der Waals surface area contributed by atoms with Gasteiger partial charge in [-0.25, -0.2) is 0 Å². The summed E-state index contributed by atoms with van der Waals surface area (Å²) in [6, 6.07) is 8.48. The van der Waals surface area contributed by atoms with E-state index in [2.05, 4.69) is 18.2 Å². The molecule has 1 aliphatic heterocycles. The predicted octanol–water partition coefficient (Wildman–Crippen LogP) is 2.32. The molecule has 2 nitrogen and oxygen atoms in total. The lowest BCUT2D eigenvalue weighted by Crippen LogP contribution is -1.96. The summed E-state index contributed by atoms with van der Waals surface area (Å²) in [6.45, 7) is 2.75. The van der Waals surface area contributed by atoms with E-state index < -0.39 is 0 Å². The Hall–Kier alpha value is -1.49. The second kappa shape index (κ2) is 3.71. The van der Waals surface area contributed by atoms with Crippen molar-refractivity contribution in [2.75, 3.05) is 6.61 Å². The van der Waals surface area contributed by atoms with Crippen LogP contribution in [-0.4, -0.2) is 6.61 Å². The molecule has 0 spiro atoms. The lowest BCUT2D eigenvalue weighted by molar-refractivity contribution is 0.357. The lowest BCUT2D eigenvalue weighted by atomic mass is 10.00. The molecule has 1 aromatic rings. The van der Waals surface area contributed by atoms with Crippen LogP contribution in [0.2, 0.25) is 0 Å². The average molecular weight is 187 g/mol. The maximum absolute atomic E-state index is 8.71. The van der Waals surface area contributed by atoms with Crippen molar-refractivity contribution in [3.8, 4) is 11.8 Å². The molecule has 0 fully saturated rings. The monoisotopic (exact) mass is 187 g/mol. The normalized spacial score (nSPS) is 15.4. The van der Waals surface area contributed by atoms with Gasteiger partial charge in [0.2, 0.25) is 0 Å². The Morgan fingerprint density at radius 3 is 3.21 bits per heavy atom. The summed E-state index contributed by atoms with van der Waals surface area (Å²) >= 11 is 0. The molecule has 0 saturated carbocycles. The van der Waals surface area contributed by atoms with Gasteiger partial charge in [-0.05, 0) is 30.5 Å². The van der Waals surface area contributed by atoms with Gasteiger partial charge in [0.05, 0.1) is 12.7 Å². The van der Waals surface area contributed by atoms with Crippen LogP contribution in [0.25, 0.3) is 0 Å². The molecule has 0 aliphatic carbocycles. The van der Waals surface area contributed by atoms with Crippen molar-refractivity contribution >= 4 is 0 Å². The zero-order chi connectivity index (χ0) is 9.97. The lowest BCUT2D eigenvalue weighted by Gasteiger charge is -2.04. The molecule has 2 rings (SSSR count). The molecular weight excluding hydrogens is 174 g/mol. The highest BCUT2D eigenvalue weighted by molar-refractivity contribution is 5.40. The first-order valence-electron chi connectivity index (χ1n) is 4.94. The van der Waals surface area contributed by atoms with Crippen molar-refractivity contribution in [1.29, 1.82) is 5.26 Å². The van der Waals surface area contributed by atoms with Crippen molar-refractivity contribution in [2.45, 2.75) is 19.8 Å². The summed E-state index contributed by atoms with van der Waals surface area (Å²) in [6.07, 6.45) is 1.84. The zero-order valence-electron chi connectivity index (χ0n) is 8.29. The summed E-state index contributed by atoms with van der Waals surface area (Å²) in [5.74, 6) is 1.11. The van der Waals surface area contributed by atoms with E-state index in [0.717, 1.165) is 25.2 Å². The molecule has 0 amide bonds. The maximum atomic E-state index is 8.71. The minimum absolute atomic E-state index is 0.0929. The topological polar surface area (TPSA) is 33.0 Å². The van der Waals surface area contributed by atoms with Crippen LogP contribution in [-0.2, 0) is 12.8 Å². The Morgan fingerprint density at radius 2 is 2.43 bits per heavy atom. The fourth-order valence-corrected chi connectivity index (χ4v) is 1.77. The van der Waals surface area contributed by atoms with Gasteiger partial charge in [0.15, 0.2) is 0 Å². The average Bonchev–Trinajstić information content (AvgIpc) is 2.64. The standard InChI is InChI=1S/C12H13NO/c1-9(8-13)6-10-2-3-12-11(7-10)4-5-14-12/h2-3,7,9H,4-6H2,1H3. The van der Waals surface area contributed by atoms with Gasteiger partial charge in [-0.15, -0.1) is 0 Å². The molecule has 1 aromatic carbocycles. The number of hydrogen-bond acceptors (Lipinski definition) is 2. The maximum Gasteiger partial charge on any atom is 0.122 e. The molecule has 1 atom stereocenters. The Balaban J connectivity index is 2.17. The SMILES string of the molecule is CC(C#N)Cc1ccc2c(c1)CCO2. The van der Waals surface area contributed by atoms with Crippen molar-refractivity contribution in [1.82, 2.24) is 0 Å². The Bertz CT molecular complexity index is 378. The van der Waals surface area contributed by atoms with E-state index in [1.54, 1.807) is 0 Å². The number of rotatable bonds is 2. The molecule has 0 N–H and O–H groups in total. The number of nitriles is 1. The first-order chi connectivity index (χ1) is 6.79. The largest absolute Gasteiger partial charge is 0.493 e. The summed E-state index contributed by atoms with van der Waals surface area (Å²) < 4.78 is 5.42. The van der Waals surface area contributed by atoms with Crippen molar-refractivity contribution in [3.05, 3.63) is 29.3 Å². The fraction of sp³-hybridized carbons (Fsp3) is 0.417. The quantitative estimate of drug-likeness (QED) is 0.711. The van der Waals surface area contributed by atoms with Crippen molar-refractivity contribution in [3.63, 3.8) is 0 Å². The van der Waals surface area contributed by atoms with E-state index in [0.29, 0.717) is 0 Å². The zero-order valence-corrected chi connectivity index (χ0v) is 8.29. The summed E-state index contributed by atoms with van der Waals surface area (Å²) in [5.41, 5.74) is 2.52. The Morgan fingerprint density at radius 1 is 1.57 bits per heavy atom. The van der Waals surface area contributed by atoms with Crippen LogP contribution in [0.4, 0.5) is 0 Å². The number of hydrogen-bond donors (Lipinski definition) is 0. The molecule has 72 valence electrons. The second-order valence-corrected chi connectivity index (χ2v) is 3.77. The van der Waals surface area contributed by atoms with Gasteiger partial charge in [-0.3, -0.25) is 0 Å². The predicted molar refractivity (Wildman–Crippen MR) is 54.1 cm³/mol. The van der Waals surface area contributed by atoms with Crippen LogP contribution in [0.3, 0.4) is 0 Å². The van der Waals surface area contributed by atoms with E-state index >= 15 is 0 Å². The first-order valence-corrected chi connectivity index (χ1v) is 4.94. The van der Waals surface area contributed by atoms with E-state index in [-0.39, 0.29) is 5.92 Å². The molecule has 1 heterocycles. The van der Waals surface area contributed by atoms with Gasteiger partial charge < -0.3 is 4.74 Å². The van der Waals surface area contributed by atoms with Crippen LogP contribution in [0.15, 0.2) is 18.2 Å². The van der Waals surface area contributed by atoms with E-state index in [1.807, 2.05) is 13.0 Å². The Labute approximate surface area is 84.1 Å². The Kier molecular flexibility index (Phi) is 2.41. The highest BCUT2D eigenvalue weighted by Gasteiger charge is 2.12. The van der Waals surface area contributed by atoms with Crippen LogP contribution in [0, 0.1) is 17.2 Å². The second-order valence-electron chi connectivity index (χ2n) is 3.77. The van der Waals surface area contributed by atoms with Crippen LogP contribution >= 0.6 is 0 Å². The molecule has 1 unspecified atom stereocenters. The molecule has 2 heteroatoms. The van der Waals surface area contributed by atoms with Gasteiger partial charge in [-0.2, -0.15) is 5.26 Å². The smallest absolute Gasteiger partial charge is 0.122 e. The van der Waals surface area contributed by atoms with Crippen LogP contribution in [0.5, 0.6) is 5.75 Å². The minimum atomic E-state index is 0.0929. The highest BCUT2D eigenvalue weighted by atomic mass is 16.5. The van der Waals surface area contributed by atoms with E-state index in [9.17, 15) is 0 Å². The third-order valence-electron chi connectivity index (χ3n) is 2.52. The van der Waals surface area contributed by atoms with Gasteiger partial charge in [0, 0.05) is 12.3 Å². The molecule has 14 heavy (non-hydrogen) atoms. The van der Waals surface area contributed by atoms with Gasteiger partial charge >= 0.3 is 0 Å². The number of ether oxygens (including phenoxy) is 1. The molecule has 0 bridgehead atoms. The molecule has 1 aliphatic rings. The van der Waals surface area contributed by atoms with Crippen molar-refractivity contribution in [2.24, 2.45) is 5.92 Å². The molecule has 0 aromatic heterocycles. The van der Waals surface area contributed by atoms with Crippen LogP contribution < -0.4 is 4.74 Å². The number of benzene rings is 1. The minimum Gasteiger partial charge on any atom is -0.493 e. The van der Waals surface area contributed by atoms with Crippen LogP contribution in [0.1, 0.15) is 18.1 Å². The third-order valence-corrected chi connectivity index (χ3v) is 2.52. The molecular formula is C12H13NO. The fourth-order valence-electron chi connectivity index (χ4n) is 1.77. The first kappa shape index (κ1) is 9.08. The molecule has 0 saturated heterocycles. The van der Waals surface area contributed by atoms with E-state index in [1.165, 1.54) is 11.1 Å². The summed E-state index contributed by atoms with van der Waals surface area (Å²) in [7, 11) is 0. The molecule has 0 radical (unpaired) electrons. The summed E-state index contributed by atoms with van der Waals surface area (Å²) in [5, 5.41) is 8.71. The third kappa shape index (κ3) is 1.72. The van der Waals surface area contributed by atoms with Gasteiger partial charge in [-0.1, -0.05) is 12.1 Å². The van der Waals surface area contributed by atoms with E-state index in [4.69, 9.17) is 10.00 Å². The van der Waals surface area contributed by atoms with Gasteiger partial charge in [0.25, 0.3) is 0 Å². The number of nitrogens with zero attached hydrogens (tertiary/aromatic N) is 1. The van der Waals surface area contributed by atoms with Gasteiger partial charge in [0.1, 0.15) is 5.75 Å². The highest BCUT2D eigenvalue weighted by Crippen LogP contribution is 2.26. The van der Waals surface area contributed by atoms with Crippen molar-refractivity contribution < 1.29 is 4.74 Å².